The summed E-state index contributed by atoms with van der Waals surface area (Å²) in [5.41, 5.74) is 3.44. The van der Waals surface area contributed by atoms with Crippen LogP contribution in [0.2, 0.25) is 0 Å². The van der Waals surface area contributed by atoms with Crippen molar-refractivity contribution in [1.82, 2.24) is 14.4 Å². The van der Waals surface area contributed by atoms with Gasteiger partial charge in [0.2, 0.25) is 0 Å². The zero-order chi connectivity index (χ0) is 10.5. The molecule has 0 radical (unpaired) electrons. The number of benzene rings is 1. The lowest BCUT2D eigenvalue weighted by molar-refractivity contribution is 1.16. The van der Waals surface area contributed by atoms with Crippen molar-refractivity contribution in [2.75, 3.05) is 0 Å². The fraction of sp³-hybridized carbons (Fsp3) is 0. The molecular formula is C13H9N3. The molecular weight excluding hydrogens is 198 g/mol. The second-order valence-electron chi connectivity index (χ2n) is 3.95. The molecule has 16 heavy (non-hydrogen) atoms. The molecule has 0 fully saturated rings. The molecule has 1 aromatic carbocycles. The molecule has 76 valence electrons. The van der Waals surface area contributed by atoms with Crippen LogP contribution in [-0.2, 0) is 0 Å². The first-order valence-corrected chi connectivity index (χ1v) is 5.25. The normalized spacial score (nSPS) is 11.8. The lowest BCUT2D eigenvalue weighted by Gasteiger charge is -1.92. The van der Waals surface area contributed by atoms with Gasteiger partial charge >= 0.3 is 0 Å². The zero-order valence-electron chi connectivity index (χ0n) is 8.51. The van der Waals surface area contributed by atoms with Crippen molar-refractivity contribution in [2.24, 2.45) is 0 Å². The number of hydrogen-bond acceptors (Lipinski definition) is 1. The number of rotatable bonds is 0. The third-order valence-corrected chi connectivity index (χ3v) is 3.05. The Balaban J connectivity index is 2.35. The first kappa shape index (κ1) is 7.93. The van der Waals surface area contributed by atoms with Gasteiger partial charge in [-0.25, -0.2) is 0 Å². The van der Waals surface area contributed by atoms with E-state index < -0.39 is 0 Å². The highest BCUT2D eigenvalue weighted by Gasteiger charge is 2.08. The van der Waals surface area contributed by atoms with Crippen LogP contribution in [0.25, 0.3) is 27.5 Å². The monoisotopic (exact) mass is 207 g/mol. The molecule has 0 atom stereocenters. The number of hydrogen-bond donors (Lipinski definition) is 1. The van der Waals surface area contributed by atoms with E-state index in [4.69, 9.17) is 0 Å². The molecule has 1 N–H and O–H groups in total. The Bertz CT molecular complexity index is 738. The fourth-order valence-corrected chi connectivity index (χ4v) is 2.32. The van der Waals surface area contributed by atoms with Crippen molar-refractivity contribution >= 4 is 27.5 Å². The summed E-state index contributed by atoms with van der Waals surface area (Å²) in [6, 6.07) is 10.5. The van der Waals surface area contributed by atoms with E-state index in [-0.39, 0.29) is 0 Å². The Morgan fingerprint density at radius 2 is 2.06 bits per heavy atom. The molecule has 3 heteroatoms. The Kier molecular flexibility index (Phi) is 1.31. The van der Waals surface area contributed by atoms with Crippen LogP contribution in [0.5, 0.6) is 0 Å². The molecule has 0 saturated heterocycles. The molecule has 4 rings (SSSR count). The highest BCUT2D eigenvalue weighted by Crippen LogP contribution is 2.27. The number of aromatic nitrogens is 3. The van der Waals surface area contributed by atoms with Gasteiger partial charge in [0.1, 0.15) is 5.65 Å². The molecule has 0 bridgehead atoms. The molecule has 0 saturated carbocycles. The summed E-state index contributed by atoms with van der Waals surface area (Å²) in [6.07, 6.45) is 5.66. The van der Waals surface area contributed by atoms with E-state index in [1.54, 1.807) is 6.20 Å². The molecule has 3 aromatic heterocycles. The average molecular weight is 207 g/mol. The quantitative estimate of drug-likeness (QED) is 0.472. The third-order valence-electron chi connectivity index (χ3n) is 3.05. The molecule has 4 aromatic rings. The van der Waals surface area contributed by atoms with Crippen molar-refractivity contribution in [3.8, 4) is 0 Å². The maximum atomic E-state index is 4.13. The minimum absolute atomic E-state index is 1.12. The summed E-state index contributed by atoms with van der Waals surface area (Å²) in [7, 11) is 0. The van der Waals surface area contributed by atoms with Crippen molar-refractivity contribution in [1.29, 1.82) is 0 Å². The van der Waals surface area contributed by atoms with Crippen molar-refractivity contribution in [3.63, 3.8) is 0 Å². The number of fused-ring (bicyclic) bond motifs is 5. The van der Waals surface area contributed by atoms with E-state index >= 15 is 0 Å². The number of H-pyrrole nitrogens is 1. The van der Waals surface area contributed by atoms with E-state index in [2.05, 4.69) is 38.6 Å². The Labute approximate surface area is 91.3 Å². The van der Waals surface area contributed by atoms with E-state index in [9.17, 15) is 0 Å². The standard InChI is InChI=1S/C13H9N3/c1-2-4-12-10(3-1)11-7-9-8-14-5-6-16(9)13(11)15-12/h1-8,15H. The molecule has 0 aliphatic rings. The maximum absolute atomic E-state index is 4.13. The van der Waals surface area contributed by atoms with Gasteiger partial charge in [0.25, 0.3) is 0 Å². The largest absolute Gasteiger partial charge is 0.340 e. The summed E-state index contributed by atoms with van der Waals surface area (Å²) in [6.45, 7) is 0. The fourth-order valence-electron chi connectivity index (χ4n) is 2.32. The summed E-state index contributed by atoms with van der Waals surface area (Å²) in [5, 5.41) is 2.52. The predicted molar refractivity (Wildman–Crippen MR) is 64.6 cm³/mol. The van der Waals surface area contributed by atoms with Gasteiger partial charge in [-0.2, -0.15) is 0 Å². The van der Waals surface area contributed by atoms with Crippen LogP contribution in [0.3, 0.4) is 0 Å². The molecule has 0 aliphatic heterocycles. The van der Waals surface area contributed by atoms with Crippen LogP contribution in [-0.4, -0.2) is 14.4 Å². The summed E-state index contributed by atoms with van der Waals surface area (Å²) in [4.78, 5) is 7.57. The second-order valence-corrected chi connectivity index (χ2v) is 3.95. The number of nitrogens with one attached hydrogen (secondary N) is 1. The number of aromatic amines is 1. The molecule has 3 nitrogen and oxygen atoms in total. The smallest absolute Gasteiger partial charge is 0.123 e. The van der Waals surface area contributed by atoms with Gasteiger partial charge in [-0.3, -0.25) is 9.38 Å². The highest BCUT2D eigenvalue weighted by molar-refractivity contribution is 6.08. The van der Waals surface area contributed by atoms with E-state index in [0.717, 1.165) is 11.2 Å². The lowest BCUT2D eigenvalue weighted by atomic mass is 10.2. The van der Waals surface area contributed by atoms with E-state index in [0.29, 0.717) is 0 Å². The van der Waals surface area contributed by atoms with Gasteiger partial charge < -0.3 is 4.98 Å². The zero-order valence-corrected chi connectivity index (χ0v) is 8.51. The van der Waals surface area contributed by atoms with Gasteiger partial charge in [0.05, 0.1) is 11.7 Å². The molecule has 0 aliphatic carbocycles. The van der Waals surface area contributed by atoms with Gasteiger partial charge in [-0.05, 0) is 12.1 Å². The topological polar surface area (TPSA) is 33.1 Å². The Hall–Kier alpha value is -2.29. The highest BCUT2D eigenvalue weighted by atomic mass is 15.0. The molecule has 3 heterocycles. The SMILES string of the molecule is c1ccc2c(c1)[nH]c1c2cc2cnccn21. The van der Waals surface area contributed by atoms with Crippen molar-refractivity contribution < 1.29 is 0 Å². The average Bonchev–Trinajstić information content (AvgIpc) is 2.85. The van der Waals surface area contributed by atoms with Crippen LogP contribution in [0.4, 0.5) is 0 Å². The molecule has 0 spiro atoms. The van der Waals surface area contributed by atoms with Gasteiger partial charge in [0, 0.05) is 28.7 Å². The summed E-state index contributed by atoms with van der Waals surface area (Å²) >= 11 is 0. The lowest BCUT2D eigenvalue weighted by Crippen LogP contribution is -1.83. The van der Waals surface area contributed by atoms with Gasteiger partial charge in [-0.15, -0.1) is 0 Å². The van der Waals surface area contributed by atoms with Crippen LogP contribution in [0.1, 0.15) is 0 Å². The van der Waals surface area contributed by atoms with Gasteiger partial charge in [0.15, 0.2) is 0 Å². The predicted octanol–water partition coefficient (Wildman–Crippen LogP) is 2.97. The maximum Gasteiger partial charge on any atom is 0.123 e. The summed E-state index contributed by atoms with van der Waals surface area (Å²) < 4.78 is 2.13. The third kappa shape index (κ3) is 0.852. The first-order valence-electron chi connectivity index (χ1n) is 5.25. The molecule has 0 unspecified atom stereocenters. The number of nitrogens with zero attached hydrogens (tertiary/aromatic N) is 2. The van der Waals surface area contributed by atoms with Crippen LogP contribution in [0, 0.1) is 0 Å². The molecule has 0 amide bonds. The van der Waals surface area contributed by atoms with Crippen molar-refractivity contribution in [3.05, 3.63) is 48.9 Å². The van der Waals surface area contributed by atoms with E-state index in [1.165, 1.54) is 16.3 Å². The Morgan fingerprint density at radius 1 is 1.12 bits per heavy atom. The minimum atomic E-state index is 1.12. The van der Waals surface area contributed by atoms with Crippen LogP contribution >= 0.6 is 0 Å². The van der Waals surface area contributed by atoms with Crippen molar-refractivity contribution in [2.45, 2.75) is 0 Å². The van der Waals surface area contributed by atoms with E-state index in [1.807, 2.05) is 18.5 Å². The Morgan fingerprint density at radius 3 is 3.06 bits per heavy atom. The summed E-state index contributed by atoms with van der Waals surface area (Å²) in [5.74, 6) is 0. The van der Waals surface area contributed by atoms with Crippen LogP contribution in [0.15, 0.2) is 48.9 Å². The van der Waals surface area contributed by atoms with Gasteiger partial charge in [-0.1, -0.05) is 18.2 Å². The number of para-hydroxylation sites is 1. The minimum Gasteiger partial charge on any atom is -0.340 e. The first-order chi connectivity index (χ1) is 7.93. The second kappa shape index (κ2) is 2.64. The van der Waals surface area contributed by atoms with Crippen LogP contribution < -0.4 is 0 Å².